The van der Waals surface area contributed by atoms with Crippen LogP contribution in [0.25, 0.3) is 5.57 Å². The van der Waals surface area contributed by atoms with E-state index >= 15 is 0 Å². The van der Waals surface area contributed by atoms with Crippen LogP contribution in [0.5, 0.6) is 5.75 Å². The number of rotatable bonds is 5. The summed E-state index contributed by atoms with van der Waals surface area (Å²) in [6.45, 7) is 3.12. The summed E-state index contributed by atoms with van der Waals surface area (Å²) in [5.41, 5.74) is 5.31. The first-order chi connectivity index (χ1) is 14.6. The van der Waals surface area contributed by atoms with Crippen LogP contribution in [0.3, 0.4) is 0 Å². The standard InChI is InChI=1S/C26H30FNO2/c1-26-10-9-22-21-6-4-20(30-12-2-11-29)14-17(21)3-5-23(22)25(26)8-7-24(26)18-13-19(27)16-28-15-18/h4,6-7,13-16,22-23,25,29H,2-3,5,8-12H2,1H3. The average Bonchev–Trinajstić information content (AvgIpc) is 3.11. The topological polar surface area (TPSA) is 42.4 Å². The molecule has 0 radical (unpaired) electrons. The number of benzene rings is 1. The van der Waals surface area contributed by atoms with E-state index in [1.165, 1.54) is 35.7 Å². The molecule has 4 atom stereocenters. The summed E-state index contributed by atoms with van der Waals surface area (Å²) in [4.78, 5) is 4.10. The minimum atomic E-state index is -0.252. The Kier molecular flexibility index (Phi) is 5.14. The first kappa shape index (κ1) is 19.7. The molecule has 5 rings (SSSR count). The summed E-state index contributed by atoms with van der Waals surface area (Å²) in [5.74, 6) is 2.56. The van der Waals surface area contributed by atoms with E-state index in [2.05, 4.69) is 36.2 Å². The maximum atomic E-state index is 13.8. The molecule has 30 heavy (non-hydrogen) atoms. The number of hydrogen-bond acceptors (Lipinski definition) is 3. The Bertz CT molecular complexity index is 971. The third-order valence-electron chi connectivity index (χ3n) is 7.87. The molecule has 1 N–H and O–H groups in total. The summed E-state index contributed by atoms with van der Waals surface area (Å²) in [6.07, 6.45) is 11.8. The molecule has 0 saturated heterocycles. The van der Waals surface area contributed by atoms with Gasteiger partial charge >= 0.3 is 0 Å². The van der Waals surface area contributed by atoms with E-state index in [1.807, 2.05) is 6.20 Å². The van der Waals surface area contributed by atoms with Gasteiger partial charge in [0.2, 0.25) is 0 Å². The second-order valence-electron chi connectivity index (χ2n) is 9.40. The zero-order valence-electron chi connectivity index (χ0n) is 17.6. The van der Waals surface area contributed by atoms with E-state index in [0.29, 0.717) is 30.8 Å². The van der Waals surface area contributed by atoms with Crippen molar-refractivity contribution in [3.8, 4) is 5.75 Å². The number of pyridine rings is 1. The molecule has 3 nitrogen and oxygen atoms in total. The van der Waals surface area contributed by atoms with Gasteiger partial charge in [-0.3, -0.25) is 4.98 Å². The maximum absolute atomic E-state index is 13.8. The highest BCUT2D eigenvalue weighted by Crippen LogP contribution is 2.63. The lowest BCUT2D eigenvalue weighted by Crippen LogP contribution is -2.40. The minimum Gasteiger partial charge on any atom is -0.493 e. The monoisotopic (exact) mass is 407 g/mol. The number of ether oxygens (including phenoxy) is 1. The van der Waals surface area contributed by atoms with E-state index in [1.54, 1.807) is 6.07 Å². The van der Waals surface area contributed by atoms with Gasteiger partial charge in [0.1, 0.15) is 11.6 Å². The third kappa shape index (κ3) is 3.26. The molecule has 3 aliphatic carbocycles. The molecule has 1 aromatic heterocycles. The van der Waals surface area contributed by atoms with Crippen molar-refractivity contribution in [3.63, 3.8) is 0 Å². The normalized spacial score (nSPS) is 29.6. The van der Waals surface area contributed by atoms with Crippen LogP contribution >= 0.6 is 0 Å². The zero-order chi connectivity index (χ0) is 20.7. The van der Waals surface area contributed by atoms with E-state index in [-0.39, 0.29) is 17.8 Å². The largest absolute Gasteiger partial charge is 0.493 e. The Morgan fingerprint density at radius 3 is 2.97 bits per heavy atom. The zero-order valence-corrected chi connectivity index (χ0v) is 17.6. The summed E-state index contributed by atoms with van der Waals surface area (Å²) < 4.78 is 19.6. The lowest BCUT2D eigenvalue weighted by molar-refractivity contribution is 0.0884. The van der Waals surface area contributed by atoms with Gasteiger partial charge < -0.3 is 9.84 Å². The highest BCUT2D eigenvalue weighted by molar-refractivity contribution is 5.72. The molecule has 0 bridgehead atoms. The molecule has 0 spiro atoms. The van der Waals surface area contributed by atoms with Crippen molar-refractivity contribution in [1.82, 2.24) is 4.98 Å². The molecular weight excluding hydrogens is 377 g/mol. The van der Waals surface area contributed by atoms with Crippen molar-refractivity contribution in [2.45, 2.75) is 51.4 Å². The lowest BCUT2D eigenvalue weighted by Gasteiger charge is -2.50. The number of allylic oxidation sites excluding steroid dienone is 2. The van der Waals surface area contributed by atoms with Crippen LogP contribution in [0.15, 0.2) is 42.7 Å². The number of hydrogen-bond donors (Lipinski definition) is 1. The van der Waals surface area contributed by atoms with E-state index in [0.717, 1.165) is 30.6 Å². The molecule has 1 aromatic carbocycles. The van der Waals surface area contributed by atoms with E-state index < -0.39 is 0 Å². The average molecular weight is 408 g/mol. The first-order valence-corrected chi connectivity index (χ1v) is 11.3. The molecule has 2 aromatic rings. The van der Waals surface area contributed by atoms with Gasteiger partial charge in [0.15, 0.2) is 0 Å². The Labute approximate surface area is 178 Å². The van der Waals surface area contributed by atoms with Gasteiger partial charge in [-0.15, -0.1) is 0 Å². The van der Waals surface area contributed by atoms with Crippen molar-refractivity contribution in [2.75, 3.05) is 13.2 Å². The van der Waals surface area contributed by atoms with Gasteiger partial charge in [-0.25, -0.2) is 4.39 Å². The SMILES string of the molecule is CC12CCC3c4ccc(OCCCO)cc4CCC3C1CC=C2c1cncc(F)c1. The summed E-state index contributed by atoms with van der Waals surface area (Å²) >= 11 is 0. The van der Waals surface area contributed by atoms with Crippen LogP contribution in [0, 0.1) is 23.1 Å². The lowest BCUT2D eigenvalue weighted by atomic mass is 9.54. The molecule has 4 unspecified atom stereocenters. The Morgan fingerprint density at radius 2 is 2.13 bits per heavy atom. The molecule has 0 aliphatic heterocycles. The third-order valence-corrected chi connectivity index (χ3v) is 7.87. The maximum Gasteiger partial charge on any atom is 0.142 e. The number of aliphatic hydroxyl groups excluding tert-OH is 1. The fourth-order valence-electron chi connectivity index (χ4n) is 6.48. The first-order valence-electron chi connectivity index (χ1n) is 11.3. The summed E-state index contributed by atoms with van der Waals surface area (Å²) in [7, 11) is 0. The fraction of sp³-hybridized carbons (Fsp3) is 0.500. The van der Waals surface area contributed by atoms with Crippen molar-refractivity contribution in [1.29, 1.82) is 0 Å². The van der Waals surface area contributed by atoms with Gasteiger partial charge in [0, 0.05) is 19.2 Å². The molecule has 4 heteroatoms. The number of halogens is 1. The molecule has 1 saturated carbocycles. The second kappa shape index (κ2) is 7.81. The molecule has 1 fully saturated rings. The van der Waals surface area contributed by atoms with Crippen molar-refractivity contribution in [3.05, 3.63) is 65.2 Å². The van der Waals surface area contributed by atoms with Crippen molar-refractivity contribution in [2.24, 2.45) is 17.3 Å². The molecule has 1 heterocycles. The van der Waals surface area contributed by atoms with Crippen LogP contribution in [0.2, 0.25) is 0 Å². The van der Waals surface area contributed by atoms with Crippen LogP contribution < -0.4 is 4.74 Å². The molecule has 3 aliphatic rings. The van der Waals surface area contributed by atoms with Crippen LogP contribution in [-0.4, -0.2) is 23.3 Å². The highest BCUT2D eigenvalue weighted by atomic mass is 19.1. The van der Waals surface area contributed by atoms with Gasteiger partial charge in [-0.1, -0.05) is 19.1 Å². The van der Waals surface area contributed by atoms with Crippen molar-refractivity contribution >= 4 is 5.57 Å². The number of aliphatic hydroxyl groups is 1. The minimum absolute atomic E-state index is 0.113. The number of fused-ring (bicyclic) bond motifs is 5. The van der Waals surface area contributed by atoms with Gasteiger partial charge in [0.05, 0.1) is 12.8 Å². The molecule has 0 amide bonds. The van der Waals surface area contributed by atoms with E-state index in [4.69, 9.17) is 9.84 Å². The van der Waals surface area contributed by atoms with Gasteiger partial charge in [0.25, 0.3) is 0 Å². The fourth-order valence-corrected chi connectivity index (χ4v) is 6.48. The Hall–Kier alpha value is -2.20. The molecular formula is C26H30FNO2. The molecule has 158 valence electrons. The number of aromatic nitrogens is 1. The quantitative estimate of drug-likeness (QED) is 0.663. The van der Waals surface area contributed by atoms with E-state index in [9.17, 15) is 4.39 Å². The Morgan fingerprint density at radius 1 is 1.23 bits per heavy atom. The number of aryl methyl sites for hydroxylation is 1. The highest BCUT2D eigenvalue weighted by Gasteiger charge is 2.51. The predicted octanol–water partition coefficient (Wildman–Crippen LogP) is 5.53. The van der Waals surface area contributed by atoms with Gasteiger partial charge in [-0.05, 0) is 95.7 Å². The predicted molar refractivity (Wildman–Crippen MR) is 116 cm³/mol. The summed E-state index contributed by atoms with van der Waals surface area (Å²) in [5, 5.41) is 8.96. The van der Waals surface area contributed by atoms with Gasteiger partial charge in [-0.2, -0.15) is 0 Å². The van der Waals surface area contributed by atoms with Crippen molar-refractivity contribution < 1.29 is 14.2 Å². The smallest absolute Gasteiger partial charge is 0.142 e. The summed E-state index contributed by atoms with van der Waals surface area (Å²) in [6, 6.07) is 8.24. The number of nitrogens with zero attached hydrogens (tertiary/aromatic N) is 1. The van der Waals surface area contributed by atoms with Crippen LogP contribution in [0.1, 0.15) is 61.6 Å². The van der Waals surface area contributed by atoms with Crippen LogP contribution in [0.4, 0.5) is 4.39 Å². The Balaban J connectivity index is 1.38. The van der Waals surface area contributed by atoms with Crippen LogP contribution in [-0.2, 0) is 6.42 Å². The second-order valence-corrected chi connectivity index (χ2v) is 9.40.